The molecule has 9 heteroatoms. The fraction of sp³-hybridized carbons (Fsp3) is 0.294. The Balaban J connectivity index is 1.41. The highest BCUT2D eigenvalue weighted by molar-refractivity contribution is 7.23. The van der Waals surface area contributed by atoms with E-state index in [-0.39, 0.29) is 16.4 Å². The number of fused-ring (bicyclic) bond motifs is 2. The van der Waals surface area contributed by atoms with Crippen LogP contribution in [0.5, 0.6) is 0 Å². The number of carbonyl (C=O) groups is 1. The molecule has 7 nitrogen and oxygen atoms in total. The zero-order chi connectivity index (χ0) is 30.7. The summed E-state index contributed by atoms with van der Waals surface area (Å²) in [6, 6.07) is 15.3. The average Bonchev–Trinajstić information content (AvgIpc) is 3.63. The first-order valence-electron chi connectivity index (χ1n) is 14.0. The number of rotatable bonds is 5. The van der Waals surface area contributed by atoms with Crippen molar-refractivity contribution in [3.05, 3.63) is 78.8 Å². The Labute approximate surface area is 257 Å². The molecule has 1 aromatic carbocycles. The predicted octanol–water partition coefficient (Wildman–Crippen LogP) is 7.81. The molecule has 0 atom stereocenters. The van der Waals surface area contributed by atoms with Gasteiger partial charge in [-0.05, 0) is 77.8 Å². The van der Waals surface area contributed by atoms with Crippen molar-refractivity contribution in [1.82, 2.24) is 0 Å². The van der Waals surface area contributed by atoms with Crippen LogP contribution in [0.2, 0.25) is 0 Å². The van der Waals surface area contributed by atoms with Crippen LogP contribution in [0.3, 0.4) is 0 Å². The minimum atomic E-state index is -1.27. The molecular formula is C34H29N3O4S2. The van der Waals surface area contributed by atoms with Crippen LogP contribution in [-0.4, -0.2) is 24.2 Å². The van der Waals surface area contributed by atoms with E-state index in [4.69, 9.17) is 14.8 Å². The van der Waals surface area contributed by atoms with Gasteiger partial charge in [0.25, 0.3) is 0 Å². The van der Waals surface area contributed by atoms with E-state index in [1.165, 1.54) is 40.0 Å². The normalized spacial score (nSPS) is 17.3. The maximum atomic E-state index is 13.4. The van der Waals surface area contributed by atoms with Gasteiger partial charge in [-0.3, -0.25) is 0 Å². The van der Waals surface area contributed by atoms with Crippen molar-refractivity contribution in [3.63, 3.8) is 0 Å². The molecule has 0 fully saturated rings. The molecule has 0 radical (unpaired) electrons. The number of nitriles is 2. The summed E-state index contributed by atoms with van der Waals surface area (Å²) >= 11 is 2.76. The molecule has 3 aromatic heterocycles. The number of benzene rings is 1. The lowest BCUT2D eigenvalue weighted by Crippen LogP contribution is -2.44. The summed E-state index contributed by atoms with van der Waals surface area (Å²) in [7, 11) is 0. The largest absolute Gasteiger partial charge is 0.477 e. The maximum absolute atomic E-state index is 13.4. The molecule has 5 heterocycles. The second kappa shape index (κ2) is 10.4. The van der Waals surface area contributed by atoms with E-state index in [0.29, 0.717) is 26.5 Å². The molecule has 0 saturated carbocycles. The van der Waals surface area contributed by atoms with Crippen LogP contribution in [-0.2, 0) is 15.6 Å². The number of thiophene rings is 2. The Kier molecular flexibility index (Phi) is 6.92. The number of carboxylic acids is 1. The topological polar surface area (TPSA) is 118 Å². The Morgan fingerprint density at radius 2 is 1.67 bits per heavy atom. The van der Waals surface area contributed by atoms with Crippen molar-refractivity contribution in [2.24, 2.45) is 0 Å². The minimum absolute atomic E-state index is 0.0131. The van der Waals surface area contributed by atoms with Crippen molar-refractivity contribution in [1.29, 1.82) is 10.5 Å². The molecule has 216 valence electrons. The molecule has 0 bridgehead atoms. The van der Waals surface area contributed by atoms with Gasteiger partial charge >= 0.3 is 11.6 Å². The molecule has 2 aliphatic heterocycles. The van der Waals surface area contributed by atoms with Gasteiger partial charge in [-0.1, -0.05) is 27.7 Å². The number of nitrogens with zero attached hydrogens (tertiary/aromatic N) is 3. The molecule has 0 aliphatic carbocycles. The average molecular weight is 608 g/mol. The zero-order valence-electron chi connectivity index (χ0n) is 24.3. The van der Waals surface area contributed by atoms with Crippen molar-refractivity contribution >= 4 is 63.0 Å². The third kappa shape index (κ3) is 4.99. The molecule has 0 spiro atoms. The van der Waals surface area contributed by atoms with Crippen LogP contribution in [0.4, 0.5) is 5.69 Å². The molecule has 0 amide bonds. The van der Waals surface area contributed by atoms with Crippen LogP contribution in [0.1, 0.15) is 67.0 Å². The van der Waals surface area contributed by atoms with Crippen LogP contribution in [0, 0.1) is 22.7 Å². The first-order valence-corrected chi connectivity index (χ1v) is 15.6. The van der Waals surface area contributed by atoms with E-state index in [9.17, 15) is 14.9 Å². The summed E-state index contributed by atoms with van der Waals surface area (Å²) in [5.41, 5.74) is 3.94. The van der Waals surface area contributed by atoms with Crippen LogP contribution < -0.4 is 10.5 Å². The van der Waals surface area contributed by atoms with Crippen LogP contribution in [0.15, 0.2) is 51.2 Å². The monoisotopic (exact) mass is 607 g/mol. The number of hydrogen-bond acceptors (Lipinski definition) is 8. The van der Waals surface area contributed by atoms with Crippen LogP contribution >= 0.6 is 22.7 Å². The van der Waals surface area contributed by atoms with E-state index < -0.39 is 11.6 Å². The number of anilines is 1. The van der Waals surface area contributed by atoms with E-state index >= 15 is 0 Å². The number of allylic oxidation sites excluding steroid dienone is 1. The summed E-state index contributed by atoms with van der Waals surface area (Å²) in [4.78, 5) is 30.1. The summed E-state index contributed by atoms with van der Waals surface area (Å²) < 4.78 is 6.08. The molecule has 4 aromatic rings. The second-order valence-electron chi connectivity index (χ2n) is 12.3. The Morgan fingerprint density at radius 3 is 2.37 bits per heavy atom. The fourth-order valence-electron chi connectivity index (χ4n) is 6.04. The molecule has 0 unspecified atom stereocenters. The van der Waals surface area contributed by atoms with E-state index in [2.05, 4.69) is 44.7 Å². The van der Waals surface area contributed by atoms with Gasteiger partial charge in [-0.15, -0.1) is 22.7 Å². The quantitative estimate of drug-likeness (QED) is 0.140. The van der Waals surface area contributed by atoms with Crippen molar-refractivity contribution in [3.8, 4) is 21.9 Å². The van der Waals surface area contributed by atoms with E-state index in [1.54, 1.807) is 18.2 Å². The third-order valence-corrected chi connectivity index (χ3v) is 10.9. The number of aliphatic carboxylic acids is 1. The lowest BCUT2D eigenvalue weighted by Gasteiger charge is -2.48. The second-order valence-corrected chi connectivity index (χ2v) is 14.5. The lowest BCUT2D eigenvalue weighted by atomic mass is 9.69. The number of carboxylic acid groups (broad SMARTS) is 1. The van der Waals surface area contributed by atoms with Gasteiger partial charge in [0, 0.05) is 49.2 Å². The molecule has 2 aliphatic rings. The van der Waals surface area contributed by atoms with Crippen LogP contribution in [0.25, 0.3) is 38.4 Å². The Hall–Kier alpha value is -4.44. The lowest BCUT2D eigenvalue weighted by molar-refractivity contribution is -0.132. The van der Waals surface area contributed by atoms with Gasteiger partial charge in [0.2, 0.25) is 0 Å². The minimum Gasteiger partial charge on any atom is -0.477 e. The summed E-state index contributed by atoms with van der Waals surface area (Å²) in [6.45, 7) is 11.0. The maximum Gasteiger partial charge on any atom is 0.346 e. The molecule has 0 saturated heterocycles. The van der Waals surface area contributed by atoms with Crippen molar-refractivity contribution < 1.29 is 14.3 Å². The van der Waals surface area contributed by atoms with Gasteiger partial charge in [-0.2, -0.15) is 10.5 Å². The summed E-state index contributed by atoms with van der Waals surface area (Å²) in [6.07, 6.45) is 4.97. The Morgan fingerprint density at radius 1 is 0.977 bits per heavy atom. The first-order chi connectivity index (χ1) is 20.4. The molecule has 1 N–H and O–H groups in total. The van der Waals surface area contributed by atoms with Gasteiger partial charge < -0.3 is 14.4 Å². The summed E-state index contributed by atoms with van der Waals surface area (Å²) in [5, 5.41) is 29.1. The predicted molar refractivity (Wildman–Crippen MR) is 172 cm³/mol. The SMILES string of the molecule is CC1(C)CCN2CCC(C)(C)c3c2c1cc1cc(C=C(C#N)c2ccc(-c4ccc(C=C(C#N)C(=O)O)s4)s2)c(=O)oc31. The highest BCUT2D eigenvalue weighted by Crippen LogP contribution is 2.51. The highest BCUT2D eigenvalue weighted by Gasteiger charge is 2.41. The van der Waals surface area contributed by atoms with Gasteiger partial charge in [0.15, 0.2) is 0 Å². The van der Waals surface area contributed by atoms with E-state index in [1.807, 2.05) is 24.3 Å². The fourth-order valence-corrected chi connectivity index (χ4v) is 8.06. The molecule has 43 heavy (non-hydrogen) atoms. The summed E-state index contributed by atoms with van der Waals surface area (Å²) in [5.74, 6) is -1.27. The van der Waals surface area contributed by atoms with Gasteiger partial charge in [0.05, 0.1) is 11.1 Å². The zero-order valence-corrected chi connectivity index (χ0v) is 25.9. The van der Waals surface area contributed by atoms with E-state index in [0.717, 1.165) is 46.6 Å². The highest BCUT2D eigenvalue weighted by atomic mass is 32.1. The molecular weight excluding hydrogens is 579 g/mol. The van der Waals surface area contributed by atoms with Crippen molar-refractivity contribution in [2.75, 3.05) is 18.0 Å². The third-order valence-electron chi connectivity index (χ3n) is 8.56. The van der Waals surface area contributed by atoms with Gasteiger partial charge in [0.1, 0.15) is 23.3 Å². The smallest absolute Gasteiger partial charge is 0.346 e. The Bertz CT molecular complexity index is 2020. The molecule has 6 rings (SSSR count). The first kappa shape index (κ1) is 28.7. The van der Waals surface area contributed by atoms with Gasteiger partial charge in [-0.25, -0.2) is 9.59 Å². The van der Waals surface area contributed by atoms with Crippen molar-refractivity contribution in [2.45, 2.75) is 51.4 Å². The standard InChI is InChI=1S/C34H29N3O4S2/c1-33(2)9-11-37-12-10-34(3,4)28-29(37)24(33)16-19-13-20(32(40)41-30(19)28)14-21(17-35)25-7-8-27(43-25)26-6-5-23(42-26)15-22(18-36)31(38)39/h5-8,13-16H,9-12H2,1-4H3,(H,38,39). The number of hydrogen-bond donors (Lipinski definition) is 1.